The Hall–Kier alpha value is -11.6. The molecule has 17 rings (SSSR count). The Labute approximate surface area is 675 Å². The van der Waals surface area contributed by atoms with E-state index in [0.717, 1.165) is 42.6 Å². The number of imidazole rings is 1. The van der Waals surface area contributed by atoms with Gasteiger partial charge in [0.15, 0.2) is 16.1 Å². The smallest absolute Gasteiger partial charge is 0.268 e. The van der Waals surface area contributed by atoms with E-state index in [1.54, 1.807) is 69.9 Å². The molecule has 0 spiro atoms. The van der Waals surface area contributed by atoms with Crippen molar-refractivity contribution in [2.45, 2.75) is 59.2 Å². The monoisotopic (exact) mass is 1610 g/mol. The fourth-order valence-electron chi connectivity index (χ4n) is 14.7. The van der Waals surface area contributed by atoms with Gasteiger partial charge in [0.05, 0.1) is 42.8 Å². The summed E-state index contributed by atoms with van der Waals surface area (Å²) in [4.78, 5) is 5.15. The Morgan fingerprint density at radius 1 is 0.421 bits per heavy atom. The van der Waals surface area contributed by atoms with Crippen molar-refractivity contribution in [2.24, 2.45) is 0 Å². The second kappa shape index (κ2) is 28.7. The fourth-order valence-corrected chi connectivity index (χ4v) is 23.1. The zero-order chi connectivity index (χ0) is 91.2. The van der Waals surface area contributed by atoms with Crippen LogP contribution in [0.25, 0.3) is 83.4 Å². The third-order valence-corrected chi connectivity index (χ3v) is 28.6. The van der Waals surface area contributed by atoms with E-state index in [4.69, 9.17) is 13.8 Å². The summed E-state index contributed by atoms with van der Waals surface area (Å²) >= 11 is 0. The molecule has 0 N–H and O–H groups in total. The Morgan fingerprint density at radius 3 is 1.55 bits per heavy atom. The van der Waals surface area contributed by atoms with Crippen LogP contribution in [0.4, 0.5) is 0 Å². The summed E-state index contributed by atoms with van der Waals surface area (Å²) in [5.41, 5.74) is 5.21. The first-order valence-corrected chi connectivity index (χ1v) is 38.9. The van der Waals surface area contributed by atoms with Crippen LogP contribution in [0.5, 0.6) is 11.5 Å². The summed E-state index contributed by atoms with van der Waals surface area (Å²) in [7, 11) is -9.38. The van der Waals surface area contributed by atoms with Crippen LogP contribution in [-0.2, 0) is 31.9 Å². The number of nitrogens with zero attached hydrogens (tertiary/aromatic N) is 4. The van der Waals surface area contributed by atoms with Gasteiger partial charge in [-0.1, -0.05) is 356 Å². The van der Waals surface area contributed by atoms with Crippen LogP contribution in [-0.4, -0.2) is 30.3 Å². The number of ether oxygens (including phenoxy) is 1. The summed E-state index contributed by atoms with van der Waals surface area (Å²) in [6, 6.07) is 63.3. The molecule has 17 aromatic rings. The molecule has 0 saturated heterocycles. The maximum atomic E-state index is 11.1. The van der Waals surface area contributed by atoms with Gasteiger partial charge in [0.2, 0.25) is 0 Å². The molecule has 0 amide bonds. The zero-order valence-corrected chi connectivity index (χ0v) is 63.4. The Bertz CT molecular complexity index is 7060. The van der Waals surface area contributed by atoms with Gasteiger partial charge in [0.1, 0.15) is 5.82 Å². The summed E-state index contributed by atoms with van der Waals surface area (Å²) in [5.74, 6) is 0.757. The number of aryl methyl sites for hydroxylation is 1. The van der Waals surface area contributed by atoms with E-state index in [-0.39, 0.29) is 49.4 Å². The minimum Gasteiger partial charge on any atom is -0.510 e. The number of aromatic nitrogens is 4. The first kappa shape index (κ1) is 48.5. The fraction of sp³-hybridized carbons (Fsp3) is 0.0909. The van der Waals surface area contributed by atoms with E-state index in [2.05, 4.69) is 151 Å². The molecule has 3 heterocycles. The largest absolute Gasteiger partial charge is 0.510 e. The summed E-state index contributed by atoms with van der Waals surface area (Å²) < 4.78 is 223. The van der Waals surface area contributed by atoms with E-state index in [1.165, 1.54) is 0 Å². The Morgan fingerprint density at radius 2 is 0.944 bits per heavy atom. The molecule has 0 unspecified atom stereocenters. The molecular weight excluding hydrogens is 1510 g/mol. The molecule has 8 heteroatoms. The van der Waals surface area contributed by atoms with Crippen LogP contribution >= 0.6 is 0 Å². The van der Waals surface area contributed by atoms with Gasteiger partial charge >= 0.3 is 0 Å². The molecule has 14 aromatic carbocycles. The number of hydrogen-bond donors (Lipinski definition) is 0. The summed E-state index contributed by atoms with van der Waals surface area (Å²) in [5, 5.41) is 2.29. The van der Waals surface area contributed by atoms with Crippen molar-refractivity contribution >= 4 is 90.5 Å². The minimum absolute atomic E-state index is 0. The second-order valence-corrected chi connectivity index (χ2v) is 35.5. The van der Waals surface area contributed by atoms with E-state index in [0.29, 0.717) is 55.8 Å². The van der Waals surface area contributed by atoms with Gasteiger partial charge in [-0.15, -0.1) is 29.7 Å². The maximum absolute atomic E-state index is 11.1. The normalized spacial score (nSPS) is 15.0. The van der Waals surface area contributed by atoms with Gasteiger partial charge in [-0.3, -0.25) is 4.57 Å². The molecule has 0 fully saturated rings. The van der Waals surface area contributed by atoms with Crippen LogP contribution < -0.4 is 50.8 Å². The maximum Gasteiger partial charge on any atom is 0.268 e. The SMILES string of the molecule is [2H]c1c([2H])c([2H])c([Si](c2c([2H])c([2H])c([2H])c([2H])c2[2H])(c2c([2H])c([2H])c([2H])c([2H])c2[2H])c2c([2H])c([2H])c([2H])c(-c3cccc(-c4cc(C(C)(C)C)cc(C(C)(C)C)c4)c3-[n+]3[c-]n(-c4[c-]c(Oc5[c-]c6c(cc5)c5ccccc5n6-c5cc(C([2H])([2H])[2H])c(-c6cccc([Si](c7ccccc7)(c7ccccc7)c7ccccc7)c6)cn5)ccc4)c4ccccc43)c2[2H])c([2H])c1[2H].[Pt]. The van der Waals surface area contributed by atoms with Crippen molar-refractivity contribution in [1.82, 2.24) is 14.1 Å². The average molecular weight is 1620 g/mol. The third-order valence-electron chi connectivity index (χ3n) is 19.8. The van der Waals surface area contributed by atoms with Crippen LogP contribution in [0.3, 0.4) is 0 Å². The molecule has 5 nitrogen and oxygen atoms in total. The molecule has 0 bridgehead atoms. The van der Waals surface area contributed by atoms with Crippen molar-refractivity contribution in [1.29, 1.82) is 0 Å². The molecule has 0 aliphatic heterocycles. The van der Waals surface area contributed by atoms with Crippen LogP contribution in [0.15, 0.2) is 358 Å². The molecule has 0 atom stereocenters. The molecule has 522 valence electrons. The van der Waals surface area contributed by atoms with Crippen molar-refractivity contribution in [3.63, 3.8) is 0 Å². The number of para-hydroxylation sites is 4. The number of rotatable bonds is 16. The van der Waals surface area contributed by atoms with Crippen molar-refractivity contribution in [3.05, 3.63) is 393 Å². The zero-order valence-electron chi connectivity index (χ0n) is 81.1. The molecule has 0 aliphatic rings. The van der Waals surface area contributed by atoms with E-state index >= 15 is 0 Å². The number of benzene rings is 14. The predicted octanol–water partition coefficient (Wildman–Crippen LogP) is 18.2. The minimum atomic E-state index is -6.30. The van der Waals surface area contributed by atoms with Crippen molar-refractivity contribution < 1.29 is 60.5 Å². The predicted molar refractivity (Wildman–Crippen MR) is 446 cm³/mol. The molecule has 0 saturated carbocycles. The van der Waals surface area contributed by atoms with Gasteiger partial charge in [-0.05, 0) is 127 Å². The van der Waals surface area contributed by atoms with Crippen molar-refractivity contribution in [2.75, 3.05) is 0 Å². The number of pyridine rings is 1. The van der Waals surface area contributed by atoms with Gasteiger partial charge in [0, 0.05) is 54.0 Å². The molecule has 0 radical (unpaired) electrons. The first-order chi connectivity index (χ1) is 60.8. The Balaban J connectivity index is 0.0000122. The number of hydrogen-bond acceptors (Lipinski definition) is 2. The topological polar surface area (TPSA) is 35.9 Å². The van der Waals surface area contributed by atoms with Gasteiger partial charge in [0.25, 0.3) is 6.33 Å². The first-order valence-electron chi connectivity index (χ1n) is 45.9. The van der Waals surface area contributed by atoms with Gasteiger partial charge < -0.3 is 13.9 Å². The van der Waals surface area contributed by atoms with Gasteiger partial charge in [-0.25, -0.2) is 4.98 Å². The van der Waals surface area contributed by atoms with E-state index in [9.17, 15) is 26.0 Å². The third kappa shape index (κ3) is 12.7. The molecule has 3 aromatic heterocycles. The van der Waals surface area contributed by atoms with Crippen LogP contribution in [0.2, 0.25) is 0 Å². The quantitative estimate of drug-likeness (QED) is 0.0418. The average Bonchev–Trinajstić information content (AvgIpc) is 1.10. The van der Waals surface area contributed by atoms with E-state index < -0.39 is 175 Å². The number of fused-ring (bicyclic) bond motifs is 4. The van der Waals surface area contributed by atoms with E-state index in [1.807, 2.05) is 95.6 Å². The summed E-state index contributed by atoms with van der Waals surface area (Å²) in [6.07, 6.45) is 5.24. The van der Waals surface area contributed by atoms with Gasteiger partial charge in [-0.2, -0.15) is 18.2 Å². The Kier molecular flexibility index (Phi) is 13.0. The molecular formula is C99H80N4OPtSi2-2. The molecule has 0 aliphatic carbocycles. The summed E-state index contributed by atoms with van der Waals surface area (Å²) in [6.45, 7) is 9.77. The van der Waals surface area contributed by atoms with Crippen molar-refractivity contribution in [3.8, 4) is 62.1 Å². The van der Waals surface area contributed by atoms with Crippen LogP contribution in [0, 0.1) is 25.3 Å². The second-order valence-electron chi connectivity index (χ2n) is 28.2. The molecule has 107 heavy (non-hydrogen) atoms. The van der Waals surface area contributed by atoms with Crippen LogP contribution in [0.1, 0.15) is 88.4 Å². The standard InChI is InChI=1S/C99H80N4OSi2.Pt/c1-70-60-96(100-68-91(70)72-35-31-51-86(64-72)106(82-44-20-11-21-45-82,83-46-22-12-23-47-83)84-48-24-13-25-49-84)103-92-55-27-26-52-89(92)90-59-58-78(67-95(90)103)104-77-37-32-36-76(66-77)101-69-102(94-57-29-28-56-93(94)101)97-87(53-33-54-88(97)73-61-74(98(2,3)4)65-75(62-73)99(5,6)7)71-34-30-50-85(63-71)105(79-38-14-8-15-39-79,80-40-16-9-17-41-80)81-42-18-10-19-43-81;/h8-65,68H,1-7H3;/q-2;/i1D3,8D,9D,10D,14D,15D,16D,17D,18D,19D,30D,34D,38D,39D,40D,41D,42D,43D,50D,63D;.